The summed E-state index contributed by atoms with van der Waals surface area (Å²) >= 11 is 0. The van der Waals surface area contributed by atoms with E-state index in [0.717, 1.165) is 0 Å². The molecule has 0 aliphatic carbocycles. The van der Waals surface area contributed by atoms with Crippen LogP contribution in [0.15, 0.2) is 0 Å². The normalized spacial score (nSPS) is 0. The summed E-state index contributed by atoms with van der Waals surface area (Å²) in [7, 11) is 0. The molecule has 0 radical (unpaired) electrons. The first-order valence-corrected chi connectivity index (χ1v) is 0. The Kier molecular flexibility index (Phi) is 167. The van der Waals surface area contributed by atoms with E-state index in [-0.39, 0.29) is 147 Å². The van der Waals surface area contributed by atoms with Crippen LogP contribution in [0, 0.1) is 0 Å². The van der Waals surface area contributed by atoms with Crippen molar-refractivity contribution in [2.24, 2.45) is 0 Å². The Labute approximate surface area is 143 Å². The summed E-state index contributed by atoms with van der Waals surface area (Å²) in [5.74, 6) is 0. The van der Waals surface area contributed by atoms with E-state index in [2.05, 4.69) is 0 Å². The van der Waals surface area contributed by atoms with Gasteiger partial charge in [-0.2, -0.15) is 0 Å². The fourth-order valence-corrected chi connectivity index (χ4v) is 0. The van der Waals surface area contributed by atoms with Crippen LogP contribution in [0.5, 0.6) is 0 Å². The van der Waals surface area contributed by atoms with E-state index >= 15 is 0 Å². The minimum absolute atomic E-state index is 0. The van der Waals surface area contributed by atoms with Crippen LogP contribution < -0.4 is 103 Å². The summed E-state index contributed by atoms with van der Waals surface area (Å²) in [6, 6.07) is 0. The quantitative estimate of drug-likeness (QED) is 0.308. The van der Waals surface area contributed by atoms with Gasteiger partial charge in [-0.1, -0.05) is 0 Å². The molecule has 0 aliphatic heterocycles. The molecule has 0 saturated heterocycles. The van der Waals surface area contributed by atoms with Crippen LogP contribution >= 0.6 is 36.4 Å². The number of hydrogen-bond acceptors (Lipinski definition) is 0. The molecule has 0 aliphatic rings. The molecule has 0 bridgehead atoms. The Bertz CT molecular complexity index is 15.7. The molecular weight excluding hydrogens is 257 g/mol. The molecule has 0 spiro atoms. The van der Waals surface area contributed by atoms with Gasteiger partial charge in [0.2, 0.25) is 0 Å². The first-order valence-electron chi connectivity index (χ1n) is 0. The third kappa shape index (κ3) is 17.8. The van der Waals surface area contributed by atoms with E-state index in [1.807, 2.05) is 0 Å². The minimum atomic E-state index is 0. The van der Waals surface area contributed by atoms with Gasteiger partial charge in [-0.25, -0.2) is 0 Å². The van der Waals surface area contributed by atoms with Crippen molar-refractivity contribution in [3.63, 3.8) is 0 Å². The van der Waals surface area contributed by atoms with Crippen LogP contribution in [0.3, 0.4) is 0 Å². The molecule has 1 nitrogen and oxygen atoms in total. The van der Waals surface area contributed by atoms with Gasteiger partial charge < -0.3 is 8.33 Å². The first-order chi connectivity index (χ1) is 0. The van der Waals surface area contributed by atoms with Crippen LogP contribution in [-0.4, -0.2) is 5.48 Å². The van der Waals surface area contributed by atoms with Gasteiger partial charge in [0.05, 0.1) is 0 Å². The van der Waals surface area contributed by atoms with Gasteiger partial charge in [-0.05, 0) is 0 Å². The minimum Gasteiger partial charge on any atom is -1.00 e. The molecule has 0 saturated carbocycles. The topological polar surface area (TPSA) is 31.5 Å². The first kappa shape index (κ1) is 34.8. The molecule has 0 rings (SSSR count). The van der Waals surface area contributed by atoms with Crippen LogP contribution in [-0.2, 0) is 0 Å². The smallest absolute Gasteiger partial charge is 1.00 e. The second-order valence-electron chi connectivity index (χ2n) is 0. The van der Waals surface area contributed by atoms with Crippen LogP contribution in [0.1, 0.15) is 2.85 Å². The molecule has 0 heterocycles. The maximum Gasteiger partial charge on any atom is 1.00 e. The van der Waals surface area contributed by atoms with E-state index in [1.54, 1.807) is 0 Å². The van der Waals surface area contributed by atoms with Crippen molar-refractivity contribution in [3.8, 4) is 0 Å². The van der Waals surface area contributed by atoms with Gasteiger partial charge in [0.15, 0.2) is 0 Å². The van der Waals surface area contributed by atoms with E-state index in [1.165, 1.54) is 0 Å². The molecule has 5 heteroatoms. The van der Waals surface area contributed by atoms with Crippen LogP contribution in [0.4, 0.5) is 0 Å². The molecule has 0 aromatic heterocycles. The monoisotopic (exact) mass is 262 g/mol. The molecule has 2 N–H and O–H groups in total. The zero-order valence-corrected chi connectivity index (χ0v) is 12.7. The number of hydrogen-bond donors (Lipinski definition) is 0. The Hall–Kier alpha value is 4.25. The summed E-state index contributed by atoms with van der Waals surface area (Å²) in [5.41, 5.74) is 0. The summed E-state index contributed by atoms with van der Waals surface area (Å²) < 4.78 is 0. The van der Waals surface area contributed by atoms with Crippen molar-refractivity contribution in [2.45, 2.75) is 0 Å². The predicted molar refractivity (Wildman–Crippen MR) is 28.5 cm³/mol. The standard InChI is InChI=1S/ClH.HI.2K.H2O.2H/h2*1H;;;1H2;;/q;;2*+1;;2*-1. The second kappa shape index (κ2) is 24.0. The molecular formula is H6ClIK2O. The Morgan fingerprint density at radius 2 is 1.00 bits per heavy atom. The van der Waals surface area contributed by atoms with E-state index in [0.29, 0.717) is 0 Å². The van der Waals surface area contributed by atoms with E-state index in [9.17, 15) is 0 Å². The summed E-state index contributed by atoms with van der Waals surface area (Å²) in [6.07, 6.45) is 0. The van der Waals surface area contributed by atoms with Gasteiger partial charge >= 0.3 is 103 Å². The molecule has 0 amide bonds. The molecule has 28 valence electrons. The van der Waals surface area contributed by atoms with Gasteiger partial charge in [0.25, 0.3) is 0 Å². The maximum atomic E-state index is 0. The van der Waals surface area contributed by atoms with Crippen molar-refractivity contribution < 1.29 is 111 Å². The fraction of sp³-hybridized carbons (Fsp3) is 0. The largest absolute Gasteiger partial charge is 1.00 e. The van der Waals surface area contributed by atoms with Crippen molar-refractivity contribution in [1.29, 1.82) is 0 Å². The fourth-order valence-electron chi connectivity index (χ4n) is 0. The molecule has 0 unspecified atom stereocenters. The third-order valence-electron chi connectivity index (χ3n) is 0. The zero-order chi connectivity index (χ0) is 0. The van der Waals surface area contributed by atoms with Crippen molar-refractivity contribution in [2.75, 3.05) is 0 Å². The molecule has 0 atom stereocenters. The van der Waals surface area contributed by atoms with Gasteiger partial charge in [-0.3, -0.25) is 0 Å². The van der Waals surface area contributed by atoms with Crippen molar-refractivity contribution >= 4 is 36.4 Å². The number of rotatable bonds is 0. The Morgan fingerprint density at radius 3 is 1.00 bits per heavy atom. The van der Waals surface area contributed by atoms with Crippen LogP contribution in [0.2, 0.25) is 0 Å². The summed E-state index contributed by atoms with van der Waals surface area (Å²) in [5, 5.41) is 0. The predicted octanol–water partition coefficient (Wildman–Crippen LogP) is -5.55. The SMILES string of the molecule is Cl.I.O.[H-].[H-].[K+].[K+]. The van der Waals surface area contributed by atoms with Crippen LogP contribution in [0.25, 0.3) is 0 Å². The van der Waals surface area contributed by atoms with Gasteiger partial charge in [0, 0.05) is 0 Å². The maximum absolute atomic E-state index is 0. The number of halogens is 2. The van der Waals surface area contributed by atoms with E-state index in [4.69, 9.17) is 0 Å². The van der Waals surface area contributed by atoms with Crippen molar-refractivity contribution in [1.82, 2.24) is 0 Å². The average molecular weight is 263 g/mol. The van der Waals surface area contributed by atoms with Crippen molar-refractivity contribution in [3.05, 3.63) is 0 Å². The average Bonchev–Trinajstić information content (AvgIpc) is 0. The van der Waals surface area contributed by atoms with E-state index < -0.39 is 0 Å². The summed E-state index contributed by atoms with van der Waals surface area (Å²) in [6.45, 7) is 0. The van der Waals surface area contributed by atoms with Gasteiger partial charge in [-0.15, -0.1) is 36.4 Å². The summed E-state index contributed by atoms with van der Waals surface area (Å²) in [4.78, 5) is 0. The molecule has 5 heavy (non-hydrogen) atoms. The Morgan fingerprint density at radius 1 is 1.00 bits per heavy atom. The molecule has 0 fully saturated rings. The Balaban J connectivity index is 0. The molecule has 0 aromatic carbocycles. The zero-order valence-electron chi connectivity index (χ0n) is 5.32. The molecule has 0 aromatic rings. The van der Waals surface area contributed by atoms with Gasteiger partial charge in [0.1, 0.15) is 0 Å². The second-order valence-corrected chi connectivity index (χ2v) is 0. The third-order valence-corrected chi connectivity index (χ3v) is 0.